The Labute approximate surface area is 212 Å². The average molecular weight is 508 g/mol. The molecule has 0 bridgehead atoms. The second-order valence-corrected chi connectivity index (χ2v) is 12.6. The molecule has 2 unspecified atom stereocenters. The van der Waals surface area contributed by atoms with E-state index in [1.165, 1.54) is 74.0 Å². The molecule has 7 nitrogen and oxygen atoms in total. The van der Waals surface area contributed by atoms with Gasteiger partial charge in [-0.05, 0) is 78.5 Å². The average Bonchev–Trinajstić information content (AvgIpc) is 3.59. The van der Waals surface area contributed by atoms with E-state index in [1.807, 2.05) is 12.1 Å². The molecule has 0 radical (unpaired) electrons. The van der Waals surface area contributed by atoms with Crippen molar-refractivity contribution in [3.05, 3.63) is 53.1 Å². The van der Waals surface area contributed by atoms with Crippen LogP contribution in [0.15, 0.2) is 36.4 Å². The molecule has 1 aromatic heterocycles. The summed E-state index contributed by atoms with van der Waals surface area (Å²) in [4.78, 5) is 13.0. The lowest BCUT2D eigenvalue weighted by atomic mass is 9.81. The number of carbonyl (C=O) groups is 1. The lowest BCUT2D eigenvalue weighted by Gasteiger charge is -2.24. The van der Waals surface area contributed by atoms with Crippen LogP contribution in [-0.2, 0) is 16.8 Å². The van der Waals surface area contributed by atoms with Gasteiger partial charge >= 0.3 is 10.2 Å². The third-order valence-corrected chi connectivity index (χ3v) is 9.74. The van der Waals surface area contributed by atoms with Gasteiger partial charge in [-0.25, -0.2) is 4.72 Å². The molecule has 190 valence electrons. The molecule has 1 amide bonds. The first-order valence-corrected chi connectivity index (χ1v) is 14.3. The molecule has 36 heavy (non-hydrogen) atoms. The fraction of sp³-hybridized carbons (Fsp3) is 0.464. The first-order valence-electron chi connectivity index (χ1n) is 12.9. The van der Waals surface area contributed by atoms with Gasteiger partial charge in [-0.2, -0.15) is 12.7 Å². The summed E-state index contributed by atoms with van der Waals surface area (Å²) in [5.41, 5.74) is 6.70. The maximum atomic E-state index is 13.0. The lowest BCUT2D eigenvalue weighted by molar-refractivity contribution is 0.0980. The second kappa shape index (κ2) is 8.63. The molecular weight excluding hydrogens is 474 g/mol. The van der Waals surface area contributed by atoms with E-state index >= 15 is 0 Å². The second-order valence-electron chi connectivity index (χ2n) is 10.7. The number of nitrogens with zero attached hydrogens (tertiary/aromatic N) is 2. The highest BCUT2D eigenvalue weighted by molar-refractivity contribution is 7.87. The van der Waals surface area contributed by atoms with Crippen LogP contribution in [0.3, 0.4) is 0 Å². The molecule has 2 saturated carbocycles. The zero-order valence-electron chi connectivity index (χ0n) is 21.1. The minimum absolute atomic E-state index is 0.356. The summed E-state index contributed by atoms with van der Waals surface area (Å²) in [6, 6.07) is 12.2. The van der Waals surface area contributed by atoms with Crippen molar-refractivity contribution in [3.63, 3.8) is 0 Å². The molecule has 6 rings (SSSR count). The Balaban J connectivity index is 1.55. The van der Waals surface area contributed by atoms with Crippen LogP contribution in [0.25, 0.3) is 22.2 Å². The van der Waals surface area contributed by atoms with Crippen LogP contribution < -0.4 is 9.46 Å². The van der Waals surface area contributed by atoms with Gasteiger partial charge in [-0.3, -0.25) is 4.79 Å². The summed E-state index contributed by atoms with van der Waals surface area (Å²) in [7, 11) is 0.658. The number of hydrogen-bond acceptors (Lipinski definition) is 4. The summed E-state index contributed by atoms with van der Waals surface area (Å²) >= 11 is 0. The van der Waals surface area contributed by atoms with Crippen LogP contribution >= 0.6 is 0 Å². The Morgan fingerprint density at radius 2 is 1.86 bits per heavy atom. The Morgan fingerprint density at radius 3 is 2.58 bits per heavy atom. The van der Waals surface area contributed by atoms with E-state index < -0.39 is 16.1 Å². The first kappa shape index (κ1) is 23.6. The van der Waals surface area contributed by atoms with Crippen LogP contribution in [0.1, 0.15) is 71.8 Å². The largest absolute Gasteiger partial charge is 0.497 e. The third-order valence-electron chi connectivity index (χ3n) is 8.33. The minimum atomic E-state index is -3.87. The van der Waals surface area contributed by atoms with Gasteiger partial charge in [0.05, 0.1) is 12.8 Å². The third kappa shape index (κ3) is 3.82. The number of methoxy groups -OCH3 is 1. The Hall–Kier alpha value is -2.84. The monoisotopic (exact) mass is 507 g/mol. The zero-order valence-corrected chi connectivity index (χ0v) is 21.9. The summed E-state index contributed by atoms with van der Waals surface area (Å²) in [5.74, 6) is 1.85. The zero-order chi connectivity index (χ0) is 25.2. The number of rotatable bonds is 5. The topological polar surface area (TPSA) is 80.6 Å². The Bertz CT molecular complexity index is 1470. The van der Waals surface area contributed by atoms with Crippen LogP contribution in [0.2, 0.25) is 0 Å². The van der Waals surface area contributed by atoms with Crippen molar-refractivity contribution in [3.8, 4) is 17.0 Å². The van der Waals surface area contributed by atoms with Crippen LogP contribution in [0.5, 0.6) is 5.75 Å². The van der Waals surface area contributed by atoms with Crippen LogP contribution in [0.4, 0.5) is 0 Å². The predicted octanol–water partition coefficient (Wildman–Crippen LogP) is 5.02. The van der Waals surface area contributed by atoms with E-state index in [0.29, 0.717) is 23.3 Å². The van der Waals surface area contributed by atoms with Gasteiger partial charge in [-0.15, -0.1) is 0 Å². The van der Waals surface area contributed by atoms with Crippen LogP contribution in [0, 0.1) is 5.92 Å². The highest BCUT2D eigenvalue weighted by atomic mass is 32.2. The molecule has 2 fully saturated rings. The number of nitrogens with one attached hydrogen (secondary N) is 1. The molecule has 2 atom stereocenters. The molecule has 2 aromatic carbocycles. The van der Waals surface area contributed by atoms with Gasteiger partial charge in [0.15, 0.2) is 0 Å². The standard InChI is InChI=1S/C28H33N3O4S/c1-30(2)36(33,34)29-28(32)18-9-11-22-25(14-18)31-16-19-13-23(19)24-15-20(35-3)10-12-21(24)27(31)26(22)17-7-5-4-6-8-17/h9-12,14-15,17,19,23H,4-8,13,16H2,1-3H3,(H,29,32). The van der Waals surface area contributed by atoms with E-state index in [9.17, 15) is 13.2 Å². The molecule has 0 spiro atoms. The summed E-state index contributed by atoms with van der Waals surface area (Å²) < 4.78 is 35.7. The Kier molecular flexibility index (Phi) is 5.64. The lowest BCUT2D eigenvalue weighted by Crippen LogP contribution is -2.39. The van der Waals surface area contributed by atoms with Crippen molar-refractivity contribution >= 4 is 27.0 Å². The van der Waals surface area contributed by atoms with Gasteiger partial charge in [0.2, 0.25) is 0 Å². The summed E-state index contributed by atoms with van der Waals surface area (Å²) in [6.45, 7) is 0.904. The number of benzene rings is 2. The Morgan fingerprint density at radius 1 is 1.08 bits per heavy atom. The van der Waals surface area contributed by atoms with E-state index in [1.54, 1.807) is 13.2 Å². The van der Waals surface area contributed by atoms with Crippen molar-refractivity contribution in [2.24, 2.45) is 5.92 Å². The maximum Gasteiger partial charge on any atom is 0.303 e. The van der Waals surface area contributed by atoms with Crippen molar-refractivity contribution in [2.75, 3.05) is 21.2 Å². The highest BCUT2D eigenvalue weighted by Crippen LogP contribution is 2.57. The van der Waals surface area contributed by atoms with E-state index in [4.69, 9.17) is 4.74 Å². The summed E-state index contributed by atoms with van der Waals surface area (Å²) in [5, 5.41) is 1.18. The highest BCUT2D eigenvalue weighted by Gasteiger charge is 2.44. The van der Waals surface area contributed by atoms with Gasteiger partial charge in [0.25, 0.3) is 5.91 Å². The van der Waals surface area contributed by atoms with E-state index in [0.717, 1.165) is 28.5 Å². The maximum absolute atomic E-state index is 13.0. The minimum Gasteiger partial charge on any atom is -0.497 e. The first-order chi connectivity index (χ1) is 17.3. The molecule has 0 saturated heterocycles. The van der Waals surface area contributed by atoms with Gasteiger partial charge < -0.3 is 9.30 Å². The van der Waals surface area contributed by atoms with Crippen LogP contribution in [-0.4, -0.2) is 44.4 Å². The molecule has 2 heterocycles. The molecule has 3 aromatic rings. The van der Waals surface area contributed by atoms with E-state index in [-0.39, 0.29) is 0 Å². The van der Waals surface area contributed by atoms with Crippen molar-refractivity contribution in [1.82, 2.24) is 13.6 Å². The molecule has 1 N–H and O–H groups in total. The van der Waals surface area contributed by atoms with Gasteiger partial charge in [0, 0.05) is 42.7 Å². The quantitative estimate of drug-likeness (QED) is 0.526. The van der Waals surface area contributed by atoms with Crippen molar-refractivity contribution in [1.29, 1.82) is 0 Å². The van der Waals surface area contributed by atoms with Crippen molar-refractivity contribution in [2.45, 2.75) is 56.9 Å². The number of fused-ring (bicyclic) bond motifs is 7. The number of hydrogen-bond donors (Lipinski definition) is 1. The van der Waals surface area contributed by atoms with E-state index in [2.05, 4.69) is 27.5 Å². The number of aromatic nitrogens is 1. The van der Waals surface area contributed by atoms with Gasteiger partial charge in [-0.1, -0.05) is 25.3 Å². The smallest absolute Gasteiger partial charge is 0.303 e. The molecular formula is C28H33N3O4S. The fourth-order valence-corrected chi connectivity index (χ4v) is 6.86. The van der Waals surface area contributed by atoms with Gasteiger partial charge in [0.1, 0.15) is 5.75 Å². The SMILES string of the molecule is COc1ccc2c(c1)C1CC1Cn1c-2c(C2CCCCC2)c2ccc(C(=O)NS(=O)(=O)N(C)C)cc21. The van der Waals surface area contributed by atoms with Crippen molar-refractivity contribution < 1.29 is 17.9 Å². The molecule has 1 aliphatic heterocycles. The molecule has 8 heteroatoms. The molecule has 3 aliphatic rings. The number of carbonyl (C=O) groups excluding carboxylic acids is 1. The molecule has 2 aliphatic carbocycles. The number of amides is 1. The predicted molar refractivity (Wildman–Crippen MR) is 141 cm³/mol. The fourth-order valence-electron chi connectivity index (χ4n) is 6.32. The summed E-state index contributed by atoms with van der Waals surface area (Å²) in [6.07, 6.45) is 7.26. The number of ether oxygens (including phenoxy) is 1. The normalized spacial score (nSPS) is 21.4.